The molecule has 2 heterocycles. The van der Waals surface area contributed by atoms with Gasteiger partial charge in [-0.05, 0) is 36.4 Å². The van der Waals surface area contributed by atoms with Gasteiger partial charge in [0.05, 0.1) is 19.7 Å². The molecule has 7 heteroatoms. The topological polar surface area (TPSA) is 79.6 Å². The number of hydrogen-bond acceptors (Lipinski definition) is 6. The predicted octanol–water partition coefficient (Wildman–Crippen LogP) is 3.74. The van der Waals surface area contributed by atoms with Crippen molar-refractivity contribution in [2.75, 3.05) is 19.5 Å². The molecule has 0 fully saturated rings. The lowest BCUT2D eigenvalue weighted by molar-refractivity contribution is 0.356. The summed E-state index contributed by atoms with van der Waals surface area (Å²) in [5.41, 5.74) is 1.62. The molecule has 0 atom stereocenters. The summed E-state index contributed by atoms with van der Waals surface area (Å²) in [4.78, 5) is 8.67. The summed E-state index contributed by atoms with van der Waals surface area (Å²) >= 11 is 0. The molecule has 0 saturated heterocycles. The number of allylic oxidation sites excluding steroid dienone is 2. The van der Waals surface area contributed by atoms with Crippen molar-refractivity contribution in [3.8, 4) is 17.2 Å². The number of methoxy groups -OCH3 is 2. The highest BCUT2D eigenvalue weighted by atomic mass is 16.5. The second-order valence-corrected chi connectivity index (χ2v) is 5.67. The van der Waals surface area contributed by atoms with Crippen molar-refractivity contribution in [3.05, 3.63) is 67.0 Å². The first-order chi connectivity index (χ1) is 13.3. The number of aromatic nitrogens is 2. The van der Waals surface area contributed by atoms with Crippen molar-refractivity contribution in [1.82, 2.24) is 15.3 Å². The van der Waals surface area contributed by atoms with E-state index in [4.69, 9.17) is 14.2 Å². The molecule has 27 heavy (non-hydrogen) atoms. The number of anilines is 2. The van der Waals surface area contributed by atoms with Gasteiger partial charge in [0.15, 0.2) is 11.5 Å². The Hall–Kier alpha value is -3.74. The van der Waals surface area contributed by atoms with E-state index >= 15 is 0 Å². The first-order valence-corrected chi connectivity index (χ1v) is 8.26. The lowest BCUT2D eigenvalue weighted by atomic mass is 10.2. The van der Waals surface area contributed by atoms with E-state index in [1.54, 1.807) is 26.5 Å². The molecule has 0 spiro atoms. The van der Waals surface area contributed by atoms with Crippen LogP contribution < -0.4 is 24.8 Å². The average molecular weight is 361 g/mol. The van der Waals surface area contributed by atoms with Crippen LogP contribution in [0.25, 0.3) is 10.9 Å². The van der Waals surface area contributed by atoms with Gasteiger partial charge in [0.1, 0.15) is 17.9 Å². The highest BCUT2D eigenvalue weighted by Gasteiger charge is 2.11. The van der Waals surface area contributed by atoms with E-state index in [2.05, 4.69) is 20.6 Å². The summed E-state index contributed by atoms with van der Waals surface area (Å²) < 4.78 is 16.4. The summed E-state index contributed by atoms with van der Waals surface area (Å²) in [6.45, 7) is 0. The minimum absolute atomic E-state index is 0.568. The number of nitrogens with zero attached hydrogens (tertiary/aromatic N) is 3. The van der Waals surface area contributed by atoms with Crippen LogP contribution in [-0.4, -0.2) is 24.2 Å². The van der Waals surface area contributed by atoms with Gasteiger partial charge in [0, 0.05) is 29.4 Å². The summed E-state index contributed by atoms with van der Waals surface area (Å²) in [6.07, 6.45) is 6.83. The van der Waals surface area contributed by atoms with Crippen LogP contribution >= 0.6 is 0 Å². The standard InChI is InChI=1S/C20H17N4O3/c1-25-17-10-15-16(11-18(17)26-2)22-12-23-20(15)24-13-5-7-14(8-6-13)27-19-4-3-9-21-19/h3-12H,1-2H3,(H,22,23,24). The Labute approximate surface area is 156 Å². The van der Waals surface area contributed by atoms with Crippen LogP contribution in [-0.2, 0) is 0 Å². The van der Waals surface area contributed by atoms with Crippen LogP contribution in [0.4, 0.5) is 11.5 Å². The second kappa shape index (κ2) is 7.25. The highest BCUT2D eigenvalue weighted by Crippen LogP contribution is 2.34. The molecule has 3 aromatic rings. The Morgan fingerprint density at radius 1 is 0.926 bits per heavy atom. The van der Waals surface area contributed by atoms with Crippen molar-refractivity contribution in [2.24, 2.45) is 0 Å². The Morgan fingerprint density at radius 3 is 2.41 bits per heavy atom. The molecule has 0 amide bonds. The quantitative estimate of drug-likeness (QED) is 0.720. The van der Waals surface area contributed by atoms with Crippen molar-refractivity contribution in [1.29, 1.82) is 0 Å². The molecule has 135 valence electrons. The summed E-state index contributed by atoms with van der Waals surface area (Å²) in [6, 6.07) is 11.2. The van der Waals surface area contributed by atoms with Crippen LogP contribution in [0.15, 0.2) is 67.0 Å². The van der Waals surface area contributed by atoms with Crippen LogP contribution in [0.5, 0.6) is 17.2 Å². The minimum atomic E-state index is 0.568. The fourth-order valence-corrected chi connectivity index (χ4v) is 2.69. The highest BCUT2D eigenvalue weighted by molar-refractivity contribution is 5.93. The third-order valence-corrected chi connectivity index (χ3v) is 4.01. The maximum absolute atomic E-state index is 5.65. The van der Waals surface area contributed by atoms with Gasteiger partial charge in [-0.2, -0.15) is 0 Å². The maximum Gasteiger partial charge on any atom is 0.219 e. The summed E-state index contributed by atoms with van der Waals surface area (Å²) in [5, 5.41) is 8.22. The first-order valence-electron chi connectivity index (χ1n) is 8.26. The van der Waals surface area contributed by atoms with Crippen LogP contribution in [0.2, 0.25) is 0 Å². The lowest BCUT2D eigenvalue weighted by Gasteiger charge is -2.12. The van der Waals surface area contributed by atoms with Gasteiger partial charge >= 0.3 is 0 Å². The molecule has 1 radical (unpaired) electrons. The molecule has 0 unspecified atom stereocenters. The van der Waals surface area contributed by atoms with E-state index in [9.17, 15) is 0 Å². The second-order valence-electron chi connectivity index (χ2n) is 5.67. The minimum Gasteiger partial charge on any atom is -0.493 e. The number of fused-ring (bicyclic) bond motifs is 1. The third kappa shape index (κ3) is 3.48. The molecule has 1 aromatic heterocycles. The van der Waals surface area contributed by atoms with E-state index in [-0.39, 0.29) is 0 Å². The fraction of sp³-hybridized carbons (Fsp3) is 0.100. The summed E-state index contributed by atoms with van der Waals surface area (Å²) in [5.74, 6) is 3.19. The van der Waals surface area contributed by atoms with Crippen LogP contribution in [0.1, 0.15) is 0 Å². The fourth-order valence-electron chi connectivity index (χ4n) is 2.69. The van der Waals surface area contributed by atoms with Gasteiger partial charge in [0.25, 0.3) is 0 Å². The smallest absolute Gasteiger partial charge is 0.219 e. The van der Waals surface area contributed by atoms with Crippen molar-refractivity contribution < 1.29 is 14.2 Å². The van der Waals surface area contributed by atoms with E-state index < -0.39 is 0 Å². The molecule has 0 bridgehead atoms. The molecule has 1 N–H and O–H groups in total. The van der Waals surface area contributed by atoms with E-state index in [1.165, 1.54) is 6.33 Å². The zero-order chi connectivity index (χ0) is 18.6. The molecule has 4 rings (SSSR count). The average Bonchev–Trinajstić information content (AvgIpc) is 3.21. The molecule has 0 saturated carbocycles. The Balaban J connectivity index is 1.59. The number of hydrogen-bond donors (Lipinski definition) is 1. The van der Waals surface area contributed by atoms with Gasteiger partial charge < -0.3 is 19.5 Å². The maximum atomic E-state index is 5.65. The van der Waals surface area contributed by atoms with Crippen LogP contribution in [0.3, 0.4) is 0 Å². The molecular weight excluding hydrogens is 344 g/mol. The van der Waals surface area contributed by atoms with Gasteiger partial charge in [-0.15, -0.1) is 0 Å². The van der Waals surface area contributed by atoms with Gasteiger partial charge in [-0.1, -0.05) is 0 Å². The van der Waals surface area contributed by atoms with Crippen molar-refractivity contribution in [3.63, 3.8) is 0 Å². The molecule has 1 aliphatic heterocycles. The van der Waals surface area contributed by atoms with Crippen molar-refractivity contribution in [2.45, 2.75) is 0 Å². The first kappa shape index (κ1) is 16.7. The van der Waals surface area contributed by atoms with E-state index in [0.29, 0.717) is 28.9 Å². The zero-order valence-corrected chi connectivity index (χ0v) is 14.8. The van der Waals surface area contributed by atoms with Gasteiger partial charge in [0.2, 0.25) is 5.88 Å². The molecular formula is C20H17N4O3. The largest absolute Gasteiger partial charge is 0.493 e. The SMILES string of the molecule is COc1cc2ncnc(Nc3ccc(OC4=CC=C[N]4)cc3)c2cc1OC. The molecule has 1 aliphatic rings. The van der Waals surface area contributed by atoms with Crippen LogP contribution in [0, 0.1) is 0 Å². The normalized spacial score (nSPS) is 12.4. The number of nitrogens with one attached hydrogen (secondary N) is 1. The zero-order valence-electron chi connectivity index (χ0n) is 14.8. The van der Waals surface area contributed by atoms with E-state index in [1.807, 2.05) is 42.5 Å². The summed E-state index contributed by atoms with van der Waals surface area (Å²) in [7, 11) is 3.19. The molecule has 0 aliphatic carbocycles. The number of rotatable bonds is 6. The Kier molecular flexibility index (Phi) is 4.49. The molecule has 2 aromatic carbocycles. The van der Waals surface area contributed by atoms with Crippen molar-refractivity contribution >= 4 is 22.4 Å². The monoisotopic (exact) mass is 361 g/mol. The predicted molar refractivity (Wildman–Crippen MR) is 102 cm³/mol. The Bertz CT molecular complexity index is 1030. The molecule has 7 nitrogen and oxygen atoms in total. The number of benzene rings is 2. The number of ether oxygens (including phenoxy) is 3. The van der Waals surface area contributed by atoms with E-state index in [0.717, 1.165) is 16.6 Å². The Morgan fingerprint density at radius 2 is 1.70 bits per heavy atom. The van der Waals surface area contributed by atoms with Gasteiger partial charge in [-0.25, -0.2) is 15.3 Å². The third-order valence-electron chi connectivity index (χ3n) is 4.01. The lowest BCUT2D eigenvalue weighted by Crippen LogP contribution is -2.01. The van der Waals surface area contributed by atoms with Gasteiger partial charge in [-0.3, -0.25) is 0 Å².